The number of nitrogens with zero attached hydrogens (tertiary/aromatic N) is 5. The van der Waals surface area contributed by atoms with Gasteiger partial charge in [0.05, 0.1) is 28.7 Å². The first-order chi connectivity index (χ1) is 19.5. The highest BCUT2D eigenvalue weighted by Crippen LogP contribution is 2.38. The van der Waals surface area contributed by atoms with Crippen LogP contribution in [0.3, 0.4) is 0 Å². The molecule has 1 aromatic carbocycles. The van der Waals surface area contributed by atoms with Crippen molar-refractivity contribution in [3.05, 3.63) is 71.9 Å². The molecule has 41 heavy (non-hydrogen) atoms. The Hall–Kier alpha value is -3.84. The van der Waals surface area contributed by atoms with E-state index in [2.05, 4.69) is 25.2 Å². The van der Waals surface area contributed by atoms with Gasteiger partial charge in [0, 0.05) is 36.8 Å². The summed E-state index contributed by atoms with van der Waals surface area (Å²) in [6, 6.07) is 8.78. The number of piperidine rings is 1. The molecular formula is C28H26F6N6O. The molecule has 0 aliphatic carbocycles. The van der Waals surface area contributed by atoms with Crippen LogP contribution < -0.4 is 5.32 Å². The highest BCUT2D eigenvalue weighted by atomic mass is 19.4. The number of likely N-dealkylation sites (tertiary alicyclic amines) is 1. The summed E-state index contributed by atoms with van der Waals surface area (Å²) in [5.74, 6) is 0.523. The molecule has 1 atom stereocenters. The molecule has 5 rings (SSSR count). The standard InChI is InChI=1S/C28H26F6N6O/c1-2-41-26(40-13-4-3-5-14-40)25-38-21-15-17(23-20(27(29,30)31)7-6-12-35-23)8-10-19(21)24(39-25)37-18-9-11-22(36-16-18)28(32,33)34/h6-12,15-16,26H,2-5,13-14H2,1H3,(H,37,38,39). The van der Waals surface area contributed by atoms with Gasteiger partial charge in [-0.25, -0.2) is 15.0 Å². The van der Waals surface area contributed by atoms with Gasteiger partial charge in [0.2, 0.25) is 0 Å². The van der Waals surface area contributed by atoms with E-state index in [4.69, 9.17) is 9.72 Å². The van der Waals surface area contributed by atoms with Gasteiger partial charge < -0.3 is 10.1 Å². The first-order valence-corrected chi connectivity index (χ1v) is 13.0. The molecule has 1 aliphatic heterocycles. The number of fused-ring (bicyclic) bond motifs is 1. The second-order valence-corrected chi connectivity index (χ2v) is 9.52. The van der Waals surface area contributed by atoms with E-state index in [0.29, 0.717) is 17.5 Å². The van der Waals surface area contributed by atoms with Crippen molar-refractivity contribution >= 4 is 22.4 Å². The molecule has 3 aromatic heterocycles. The lowest BCUT2D eigenvalue weighted by Crippen LogP contribution is -2.36. The topological polar surface area (TPSA) is 76.1 Å². The lowest BCUT2D eigenvalue weighted by atomic mass is 10.0. The lowest BCUT2D eigenvalue weighted by molar-refractivity contribution is -0.141. The summed E-state index contributed by atoms with van der Waals surface area (Å²) in [6.45, 7) is 3.70. The van der Waals surface area contributed by atoms with Gasteiger partial charge in [0.15, 0.2) is 12.1 Å². The van der Waals surface area contributed by atoms with Crippen molar-refractivity contribution < 1.29 is 31.1 Å². The van der Waals surface area contributed by atoms with E-state index in [1.807, 2.05) is 6.92 Å². The average molecular weight is 577 g/mol. The highest BCUT2D eigenvalue weighted by molar-refractivity contribution is 5.93. The summed E-state index contributed by atoms with van der Waals surface area (Å²) in [7, 11) is 0. The van der Waals surface area contributed by atoms with Crippen LogP contribution in [0.4, 0.5) is 37.8 Å². The fraction of sp³-hybridized carbons (Fsp3) is 0.357. The third-order valence-electron chi connectivity index (χ3n) is 6.69. The highest BCUT2D eigenvalue weighted by Gasteiger charge is 2.35. The Morgan fingerprint density at radius 2 is 1.71 bits per heavy atom. The molecule has 4 aromatic rings. The van der Waals surface area contributed by atoms with Crippen LogP contribution in [0.1, 0.15) is 49.5 Å². The summed E-state index contributed by atoms with van der Waals surface area (Å²) in [5, 5.41) is 3.45. The molecule has 1 saturated heterocycles. The molecule has 0 amide bonds. The van der Waals surface area contributed by atoms with Crippen LogP contribution in [0.15, 0.2) is 54.9 Å². The predicted octanol–water partition coefficient (Wildman–Crippen LogP) is 7.39. The minimum atomic E-state index is -4.62. The Balaban J connectivity index is 1.63. The second kappa shape index (κ2) is 11.6. The Morgan fingerprint density at radius 1 is 0.927 bits per heavy atom. The van der Waals surface area contributed by atoms with Crippen molar-refractivity contribution in [2.24, 2.45) is 0 Å². The monoisotopic (exact) mass is 576 g/mol. The number of ether oxygens (including phenoxy) is 1. The molecule has 13 heteroatoms. The van der Waals surface area contributed by atoms with Gasteiger partial charge in [-0.1, -0.05) is 12.5 Å². The normalized spacial score (nSPS) is 15.7. The van der Waals surface area contributed by atoms with Crippen LogP contribution in [0.5, 0.6) is 0 Å². The van der Waals surface area contributed by atoms with E-state index in [1.54, 1.807) is 6.07 Å². The quantitative estimate of drug-likeness (QED) is 0.230. The zero-order valence-corrected chi connectivity index (χ0v) is 21.9. The Morgan fingerprint density at radius 3 is 2.37 bits per heavy atom. The number of hydrogen-bond donors (Lipinski definition) is 1. The maximum atomic E-state index is 13.7. The van der Waals surface area contributed by atoms with Crippen molar-refractivity contribution in [3.8, 4) is 11.3 Å². The molecule has 216 valence electrons. The smallest absolute Gasteiger partial charge is 0.356 e. The third kappa shape index (κ3) is 6.41. The van der Waals surface area contributed by atoms with Crippen molar-refractivity contribution in [2.75, 3.05) is 25.0 Å². The SMILES string of the molecule is CCOC(c1nc(Nc2ccc(C(F)(F)F)nc2)c2ccc(-c3ncccc3C(F)(F)F)cc2n1)N1CCCCC1. The maximum absolute atomic E-state index is 13.7. The van der Waals surface area contributed by atoms with Crippen LogP contribution >= 0.6 is 0 Å². The summed E-state index contributed by atoms with van der Waals surface area (Å²) in [5.41, 5.74) is -1.43. The number of pyridine rings is 2. The molecule has 7 nitrogen and oxygen atoms in total. The van der Waals surface area contributed by atoms with E-state index < -0.39 is 29.8 Å². The first-order valence-electron chi connectivity index (χ1n) is 13.0. The molecule has 0 bridgehead atoms. The molecule has 4 heterocycles. The molecule has 0 radical (unpaired) electrons. The average Bonchev–Trinajstić information content (AvgIpc) is 2.95. The minimum Gasteiger partial charge on any atom is -0.356 e. The molecule has 1 fully saturated rings. The number of hydrogen-bond acceptors (Lipinski definition) is 7. The Kier molecular flexibility index (Phi) is 8.09. The fourth-order valence-electron chi connectivity index (χ4n) is 4.79. The number of anilines is 2. The van der Waals surface area contributed by atoms with Crippen molar-refractivity contribution in [3.63, 3.8) is 0 Å². The van der Waals surface area contributed by atoms with Gasteiger partial charge in [-0.15, -0.1) is 0 Å². The molecule has 1 N–H and O–H groups in total. The van der Waals surface area contributed by atoms with Crippen molar-refractivity contribution in [2.45, 2.75) is 44.8 Å². The summed E-state index contributed by atoms with van der Waals surface area (Å²) >= 11 is 0. The summed E-state index contributed by atoms with van der Waals surface area (Å²) in [4.78, 5) is 19.0. The van der Waals surface area contributed by atoms with Gasteiger partial charge in [-0.05, 0) is 56.2 Å². The molecule has 1 unspecified atom stereocenters. The van der Waals surface area contributed by atoms with Gasteiger partial charge in [0.1, 0.15) is 11.5 Å². The summed E-state index contributed by atoms with van der Waals surface area (Å²) < 4.78 is 86.3. The van der Waals surface area contributed by atoms with Gasteiger partial charge in [-0.2, -0.15) is 26.3 Å². The number of benzene rings is 1. The number of nitrogens with one attached hydrogen (secondary N) is 1. The Labute approximate surface area is 231 Å². The van der Waals surface area contributed by atoms with Gasteiger partial charge in [0.25, 0.3) is 0 Å². The van der Waals surface area contributed by atoms with E-state index >= 15 is 0 Å². The van der Waals surface area contributed by atoms with E-state index in [-0.39, 0.29) is 28.6 Å². The molecular weight excluding hydrogens is 550 g/mol. The number of rotatable bonds is 7. The fourth-order valence-corrected chi connectivity index (χ4v) is 4.79. The van der Waals surface area contributed by atoms with Crippen LogP contribution in [-0.4, -0.2) is 44.5 Å². The van der Waals surface area contributed by atoms with Crippen LogP contribution in [0.25, 0.3) is 22.2 Å². The zero-order valence-electron chi connectivity index (χ0n) is 21.9. The largest absolute Gasteiger partial charge is 0.433 e. The van der Waals surface area contributed by atoms with Crippen LogP contribution in [0, 0.1) is 0 Å². The molecule has 0 spiro atoms. The predicted molar refractivity (Wildman–Crippen MR) is 140 cm³/mol. The zero-order chi connectivity index (χ0) is 29.2. The van der Waals surface area contributed by atoms with E-state index in [0.717, 1.165) is 50.7 Å². The van der Waals surface area contributed by atoms with Crippen molar-refractivity contribution in [1.29, 1.82) is 0 Å². The van der Waals surface area contributed by atoms with Crippen LogP contribution in [0.2, 0.25) is 0 Å². The summed E-state index contributed by atoms with van der Waals surface area (Å²) in [6.07, 6.45) is -4.51. The molecule has 0 saturated carbocycles. The minimum absolute atomic E-state index is 0.197. The van der Waals surface area contributed by atoms with Crippen molar-refractivity contribution in [1.82, 2.24) is 24.8 Å². The van der Waals surface area contributed by atoms with E-state index in [1.165, 1.54) is 30.5 Å². The maximum Gasteiger partial charge on any atom is 0.433 e. The number of alkyl halides is 6. The number of halogens is 6. The van der Waals surface area contributed by atoms with E-state index in [9.17, 15) is 26.3 Å². The van der Waals surface area contributed by atoms with Crippen LogP contribution in [-0.2, 0) is 17.1 Å². The van der Waals surface area contributed by atoms with Gasteiger partial charge in [-0.3, -0.25) is 9.88 Å². The van der Waals surface area contributed by atoms with Gasteiger partial charge >= 0.3 is 12.4 Å². The number of aromatic nitrogens is 4. The molecule has 1 aliphatic rings. The Bertz CT molecular complexity index is 1500. The third-order valence-corrected chi connectivity index (χ3v) is 6.69. The lowest BCUT2D eigenvalue weighted by Gasteiger charge is -2.33. The second-order valence-electron chi connectivity index (χ2n) is 9.52. The first kappa shape index (κ1) is 28.7.